The van der Waals surface area contributed by atoms with Crippen molar-refractivity contribution >= 4 is 28.5 Å². The number of nitrogens with zero attached hydrogens (tertiary/aromatic N) is 2. The number of pyridine rings is 2. The molecule has 2 amide bonds. The van der Waals surface area contributed by atoms with E-state index in [1.807, 2.05) is 6.92 Å². The summed E-state index contributed by atoms with van der Waals surface area (Å²) in [4.78, 5) is 43.4. The molecule has 0 radical (unpaired) electrons. The number of ether oxygens (including phenoxy) is 1. The van der Waals surface area contributed by atoms with Gasteiger partial charge in [0.2, 0.25) is 11.3 Å². The Morgan fingerprint density at radius 1 is 1.15 bits per heavy atom. The lowest BCUT2D eigenvalue weighted by Gasteiger charge is -2.23. The van der Waals surface area contributed by atoms with Crippen LogP contribution in [0.15, 0.2) is 47.4 Å². The third-order valence-electron chi connectivity index (χ3n) is 5.92. The van der Waals surface area contributed by atoms with Gasteiger partial charge in [-0.05, 0) is 44.0 Å². The predicted octanol–water partition coefficient (Wildman–Crippen LogP) is 3.41. The molecule has 0 saturated heterocycles. The summed E-state index contributed by atoms with van der Waals surface area (Å²) in [6, 6.07) is 10.4. The summed E-state index contributed by atoms with van der Waals surface area (Å²) in [7, 11) is 1.54. The smallest absolute Gasteiger partial charge is 0.261 e. The highest BCUT2D eigenvalue weighted by molar-refractivity contribution is 6.05. The average Bonchev–Trinajstić information content (AvgIpc) is 2.81. The Kier molecular flexibility index (Phi) is 6.72. The third kappa shape index (κ3) is 5.22. The van der Waals surface area contributed by atoms with Crippen LogP contribution in [-0.4, -0.2) is 34.5 Å². The fourth-order valence-electron chi connectivity index (χ4n) is 4.22. The van der Waals surface area contributed by atoms with Gasteiger partial charge in [-0.15, -0.1) is 0 Å². The van der Waals surface area contributed by atoms with Crippen molar-refractivity contribution in [3.8, 4) is 5.75 Å². The molecule has 2 heterocycles. The first-order valence-electron chi connectivity index (χ1n) is 11.2. The van der Waals surface area contributed by atoms with Crippen molar-refractivity contribution in [3.05, 3.63) is 64.1 Å². The molecule has 33 heavy (non-hydrogen) atoms. The quantitative estimate of drug-likeness (QED) is 0.602. The summed E-state index contributed by atoms with van der Waals surface area (Å²) >= 11 is 0. The highest BCUT2D eigenvalue weighted by Gasteiger charge is 2.20. The van der Waals surface area contributed by atoms with E-state index in [-0.39, 0.29) is 24.1 Å². The molecule has 172 valence electrons. The highest BCUT2D eigenvalue weighted by Crippen LogP contribution is 2.19. The van der Waals surface area contributed by atoms with Gasteiger partial charge in [-0.25, -0.2) is 4.98 Å². The number of aryl methyl sites for hydroxylation is 1. The molecule has 2 aromatic heterocycles. The normalized spacial score (nSPS) is 14.1. The van der Waals surface area contributed by atoms with Gasteiger partial charge in [0.1, 0.15) is 23.5 Å². The Balaban J connectivity index is 1.66. The maximum atomic E-state index is 13.1. The van der Waals surface area contributed by atoms with Crippen molar-refractivity contribution in [2.75, 3.05) is 12.4 Å². The van der Waals surface area contributed by atoms with E-state index in [2.05, 4.69) is 15.6 Å². The highest BCUT2D eigenvalue weighted by atomic mass is 16.5. The fraction of sp³-hybridized carbons (Fsp3) is 0.360. The number of aromatic nitrogens is 2. The van der Waals surface area contributed by atoms with Crippen LogP contribution in [0.4, 0.5) is 5.69 Å². The molecule has 1 aliphatic rings. The van der Waals surface area contributed by atoms with Crippen molar-refractivity contribution in [1.29, 1.82) is 0 Å². The summed E-state index contributed by atoms with van der Waals surface area (Å²) in [5, 5.41) is 6.12. The number of anilines is 1. The first-order chi connectivity index (χ1) is 15.9. The minimum atomic E-state index is -0.558. The van der Waals surface area contributed by atoms with Crippen LogP contribution in [0.25, 0.3) is 11.0 Å². The zero-order valence-corrected chi connectivity index (χ0v) is 18.9. The number of nitrogens with one attached hydrogen (secondary N) is 2. The van der Waals surface area contributed by atoms with E-state index >= 15 is 0 Å². The summed E-state index contributed by atoms with van der Waals surface area (Å²) in [5.74, 6) is -0.130. The standard InChI is InChI=1S/C25H28N4O4/c1-16-11-12-20-23(31)21(25(32)28-18-9-6-10-19(13-18)33-2)14-29(24(20)26-16)15-22(30)27-17-7-4-3-5-8-17/h6,9-14,17H,3-5,7-8,15H2,1-2H3,(H,27,30)(H,28,32). The Labute approximate surface area is 192 Å². The molecule has 8 heteroatoms. The van der Waals surface area contributed by atoms with Crippen LogP contribution in [0.2, 0.25) is 0 Å². The molecule has 0 bridgehead atoms. The maximum Gasteiger partial charge on any atom is 0.261 e. The molecule has 0 aliphatic heterocycles. The second-order valence-electron chi connectivity index (χ2n) is 8.41. The summed E-state index contributed by atoms with van der Waals surface area (Å²) < 4.78 is 6.78. The second-order valence-corrected chi connectivity index (χ2v) is 8.41. The van der Waals surface area contributed by atoms with Gasteiger partial charge >= 0.3 is 0 Å². The van der Waals surface area contributed by atoms with Crippen LogP contribution in [0.3, 0.4) is 0 Å². The zero-order chi connectivity index (χ0) is 23.4. The molecule has 1 fully saturated rings. The van der Waals surface area contributed by atoms with E-state index < -0.39 is 11.3 Å². The topological polar surface area (TPSA) is 102 Å². The van der Waals surface area contributed by atoms with Crippen molar-refractivity contribution in [2.45, 2.75) is 51.6 Å². The van der Waals surface area contributed by atoms with E-state index in [4.69, 9.17) is 4.74 Å². The Morgan fingerprint density at radius 3 is 2.70 bits per heavy atom. The number of hydrogen-bond donors (Lipinski definition) is 2. The monoisotopic (exact) mass is 448 g/mol. The van der Waals surface area contributed by atoms with Crippen molar-refractivity contribution in [3.63, 3.8) is 0 Å². The molecular formula is C25H28N4O4. The molecule has 4 rings (SSSR count). The number of benzene rings is 1. The lowest BCUT2D eigenvalue weighted by Crippen LogP contribution is -2.38. The number of carbonyl (C=O) groups excluding carboxylic acids is 2. The van der Waals surface area contributed by atoms with Gasteiger partial charge in [0.15, 0.2) is 0 Å². The molecule has 2 N–H and O–H groups in total. The number of methoxy groups -OCH3 is 1. The minimum absolute atomic E-state index is 0.0246. The van der Waals surface area contributed by atoms with Gasteiger partial charge in [0, 0.05) is 29.7 Å². The van der Waals surface area contributed by atoms with Crippen molar-refractivity contribution < 1.29 is 14.3 Å². The summed E-state index contributed by atoms with van der Waals surface area (Å²) in [5.41, 5.74) is 1.12. The number of fused-ring (bicyclic) bond motifs is 1. The Hall–Kier alpha value is -3.68. The van der Waals surface area contributed by atoms with E-state index in [1.54, 1.807) is 41.0 Å². The van der Waals surface area contributed by atoms with Crippen LogP contribution in [0.5, 0.6) is 5.75 Å². The minimum Gasteiger partial charge on any atom is -0.497 e. The SMILES string of the molecule is COc1cccc(NC(=O)c2cn(CC(=O)NC3CCCCC3)c3nc(C)ccc3c2=O)c1. The molecule has 0 unspecified atom stereocenters. The molecule has 1 aromatic carbocycles. The Morgan fingerprint density at radius 2 is 1.94 bits per heavy atom. The van der Waals surface area contributed by atoms with Crippen molar-refractivity contribution in [1.82, 2.24) is 14.9 Å². The molecule has 8 nitrogen and oxygen atoms in total. The fourth-order valence-corrected chi connectivity index (χ4v) is 4.22. The van der Waals surface area contributed by atoms with E-state index in [0.717, 1.165) is 31.4 Å². The number of rotatable bonds is 6. The first-order valence-corrected chi connectivity index (χ1v) is 11.2. The maximum absolute atomic E-state index is 13.1. The van der Waals surface area contributed by atoms with Gasteiger partial charge in [0.25, 0.3) is 5.91 Å². The largest absolute Gasteiger partial charge is 0.497 e. The number of hydrogen-bond acceptors (Lipinski definition) is 5. The average molecular weight is 449 g/mol. The van der Waals surface area contributed by atoms with E-state index in [0.29, 0.717) is 22.5 Å². The lowest BCUT2D eigenvalue weighted by molar-refractivity contribution is -0.122. The summed E-state index contributed by atoms with van der Waals surface area (Å²) in [6.45, 7) is 1.79. The van der Waals surface area contributed by atoms with E-state index in [1.165, 1.54) is 19.7 Å². The molecule has 0 spiro atoms. The van der Waals surface area contributed by atoms with Gasteiger partial charge < -0.3 is 19.9 Å². The number of carbonyl (C=O) groups is 2. The van der Waals surface area contributed by atoms with E-state index in [9.17, 15) is 14.4 Å². The van der Waals surface area contributed by atoms with Crippen LogP contribution < -0.4 is 20.8 Å². The third-order valence-corrected chi connectivity index (χ3v) is 5.92. The van der Waals surface area contributed by atoms with Crippen LogP contribution in [0.1, 0.15) is 48.2 Å². The first kappa shape index (κ1) is 22.5. The number of amides is 2. The van der Waals surface area contributed by atoms with Gasteiger partial charge in [-0.2, -0.15) is 0 Å². The molecule has 1 saturated carbocycles. The summed E-state index contributed by atoms with van der Waals surface area (Å²) in [6.07, 6.45) is 6.80. The molecule has 0 atom stereocenters. The lowest BCUT2D eigenvalue weighted by atomic mass is 9.95. The molecular weight excluding hydrogens is 420 g/mol. The second kappa shape index (κ2) is 9.85. The molecule has 1 aliphatic carbocycles. The van der Waals surface area contributed by atoms with Crippen LogP contribution in [0, 0.1) is 6.92 Å². The van der Waals surface area contributed by atoms with Gasteiger partial charge in [-0.3, -0.25) is 14.4 Å². The van der Waals surface area contributed by atoms with Gasteiger partial charge in [0.05, 0.1) is 12.5 Å². The predicted molar refractivity (Wildman–Crippen MR) is 127 cm³/mol. The van der Waals surface area contributed by atoms with Crippen LogP contribution in [-0.2, 0) is 11.3 Å². The Bertz CT molecular complexity index is 1240. The van der Waals surface area contributed by atoms with Crippen molar-refractivity contribution in [2.24, 2.45) is 0 Å². The van der Waals surface area contributed by atoms with Gasteiger partial charge in [-0.1, -0.05) is 25.3 Å². The van der Waals surface area contributed by atoms with Crippen LogP contribution >= 0.6 is 0 Å². The molecule has 3 aromatic rings. The zero-order valence-electron chi connectivity index (χ0n) is 18.9.